The molecule has 1 aromatic heterocycles. The molecule has 27 heavy (non-hydrogen) atoms. The Hall–Kier alpha value is -2.69. The van der Waals surface area contributed by atoms with Gasteiger partial charge < -0.3 is 9.64 Å². The maximum atomic E-state index is 13.5. The van der Waals surface area contributed by atoms with Crippen LogP contribution < -0.4 is 4.74 Å². The Kier molecular flexibility index (Phi) is 4.68. The van der Waals surface area contributed by atoms with Gasteiger partial charge in [-0.15, -0.1) is 0 Å². The van der Waals surface area contributed by atoms with Gasteiger partial charge in [0.15, 0.2) is 5.78 Å². The molecule has 1 aliphatic carbocycles. The first-order chi connectivity index (χ1) is 13.1. The number of ether oxygens (including phenoxy) is 1. The molecule has 2 aliphatic rings. The summed E-state index contributed by atoms with van der Waals surface area (Å²) < 4.78 is 5.30. The van der Waals surface area contributed by atoms with Crippen molar-refractivity contribution in [3.05, 3.63) is 59.4 Å². The molecule has 1 atom stereocenters. The van der Waals surface area contributed by atoms with Crippen molar-refractivity contribution in [2.24, 2.45) is 0 Å². The number of aromatic nitrogens is 1. The first-order valence-electron chi connectivity index (χ1n) is 9.55. The van der Waals surface area contributed by atoms with Crippen molar-refractivity contribution >= 4 is 11.7 Å². The van der Waals surface area contributed by atoms with Crippen molar-refractivity contribution in [2.75, 3.05) is 13.7 Å². The number of likely N-dealkylation sites (tertiary alicyclic amines) is 1. The summed E-state index contributed by atoms with van der Waals surface area (Å²) in [5.41, 5.74) is 1.95. The Bertz CT molecular complexity index is 865. The molecule has 0 N–H and O–H groups in total. The SMILES string of the molecule is COc1ccc2c(c1)CCC1(CCCCN1C(=O)Cc1cccnc1)C2=O. The summed E-state index contributed by atoms with van der Waals surface area (Å²) in [6.07, 6.45) is 7.86. The molecule has 4 rings (SSSR count). The van der Waals surface area contributed by atoms with Crippen LogP contribution in [0.3, 0.4) is 0 Å². The number of hydrogen-bond acceptors (Lipinski definition) is 4. The molecule has 1 aliphatic heterocycles. The van der Waals surface area contributed by atoms with Crippen LogP contribution in [-0.4, -0.2) is 40.8 Å². The number of hydrogen-bond donors (Lipinski definition) is 0. The van der Waals surface area contributed by atoms with Crippen LogP contribution in [0.2, 0.25) is 0 Å². The molecular weight excluding hydrogens is 340 g/mol. The molecule has 1 fully saturated rings. The number of carbonyl (C=O) groups excluding carboxylic acids is 2. The van der Waals surface area contributed by atoms with E-state index in [1.165, 1.54) is 0 Å². The van der Waals surface area contributed by atoms with Gasteiger partial charge in [-0.3, -0.25) is 14.6 Å². The molecule has 0 radical (unpaired) electrons. The number of aryl methyl sites for hydroxylation is 1. The molecule has 2 aromatic rings. The Morgan fingerprint density at radius 1 is 1.26 bits per heavy atom. The third-order valence-corrected chi connectivity index (χ3v) is 5.91. The number of piperidine rings is 1. The van der Waals surface area contributed by atoms with E-state index in [1.807, 2.05) is 35.2 Å². The van der Waals surface area contributed by atoms with Gasteiger partial charge in [0.1, 0.15) is 11.3 Å². The van der Waals surface area contributed by atoms with Gasteiger partial charge in [0, 0.05) is 24.5 Å². The zero-order valence-corrected chi connectivity index (χ0v) is 15.6. The van der Waals surface area contributed by atoms with Gasteiger partial charge >= 0.3 is 0 Å². The smallest absolute Gasteiger partial charge is 0.227 e. The summed E-state index contributed by atoms with van der Waals surface area (Å²) in [7, 11) is 1.63. The molecule has 140 valence electrons. The predicted octanol–water partition coefficient (Wildman–Crippen LogP) is 3.21. The molecule has 2 heterocycles. The largest absolute Gasteiger partial charge is 0.497 e. The first kappa shape index (κ1) is 17.7. The van der Waals surface area contributed by atoms with Crippen LogP contribution in [0.5, 0.6) is 5.75 Å². The number of benzene rings is 1. The second-order valence-corrected chi connectivity index (χ2v) is 7.42. The van der Waals surface area contributed by atoms with Crippen molar-refractivity contribution in [2.45, 2.75) is 44.1 Å². The molecule has 0 saturated carbocycles. The number of rotatable bonds is 3. The molecule has 1 unspecified atom stereocenters. The summed E-state index contributed by atoms with van der Waals surface area (Å²) in [4.78, 5) is 32.6. The maximum absolute atomic E-state index is 13.5. The highest BCUT2D eigenvalue weighted by Gasteiger charge is 2.49. The van der Waals surface area contributed by atoms with E-state index in [0.717, 1.165) is 48.1 Å². The molecule has 0 bridgehead atoms. The Morgan fingerprint density at radius 3 is 2.93 bits per heavy atom. The lowest BCUT2D eigenvalue weighted by Gasteiger charge is -2.48. The second kappa shape index (κ2) is 7.14. The first-order valence-corrected chi connectivity index (χ1v) is 9.55. The predicted molar refractivity (Wildman–Crippen MR) is 102 cm³/mol. The van der Waals surface area contributed by atoms with Crippen LogP contribution in [0.4, 0.5) is 0 Å². The number of methoxy groups -OCH3 is 1. The zero-order valence-electron chi connectivity index (χ0n) is 15.6. The van der Waals surface area contributed by atoms with E-state index in [2.05, 4.69) is 4.98 Å². The maximum Gasteiger partial charge on any atom is 0.227 e. The highest BCUT2D eigenvalue weighted by atomic mass is 16.5. The minimum absolute atomic E-state index is 0.0213. The van der Waals surface area contributed by atoms with Crippen LogP contribution >= 0.6 is 0 Å². The van der Waals surface area contributed by atoms with Crippen molar-refractivity contribution in [1.29, 1.82) is 0 Å². The van der Waals surface area contributed by atoms with E-state index in [0.29, 0.717) is 19.4 Å². The van der Waals surface area contributed by atoms with Crippen LogP contribution in [0.15, 0.2) is 42.7 Å². The fourth-order valence-corrected chi connectivity index (χ4v) is 4.50. The van der Waals surface area contributed by atoms with Crippen molar-refractivity contribution in [3.63, 3.8) is 0 Å². The van der Waals surface area contributed by atoms with E-state index in [9.17, 15) is 9.59 Å². The highest BCUT2D eigenvalue weighted by Crippen LogP contribution is 2.41. The fourth-order valence-electron chi connectivity index (χ4n) is 4.50. The minimum atomic E-state index is -0.695. The number of amides is 1. The quantitative estimate of drug-likeness (QED) is 0.839. The van der Waals surface area contributed by atoms with Crippen LogP contribution in [0.25, 0.3) is 0 Å². The molecule has 1 amide bonds. The number of carbonyl (C=O) groups is 2. The van der Waals surface area contributed by atoms with Gasteiger partial charge in [0.2, 0.25) is 5.91 Å². The van der Waals surface area contributed by atoms with E-state index >= 15 is 0 Å². The number of nitrogens with zero attached hydrogens (tertiary/aromatic N) is 2. The van der Waals surface area contributed by atoms with E-state index < -0.39 is 5.54 Å². The Balaban J connectivity index is 1.65. The van der Waals surface area contributed by atoms with E-state index in [-0.39, 0.29) is 11.7 Å². The van der Waals surface area contributed by atoms with Crippen molar-refractivity contribution in [3.8, 4) is 5.75 Å². The summed E-state index contributed by atoms with van der Waals surface area (Å²) in [5, 5.41) is 0. The second-order valence-electron chi connectivity index (χ2n) is 7.42. The molecule has 5 nitrogen and oxygen atoms in total. The molecule has 1 saturated heterocycles. The average molecular weight is 364 g/mol. The van der Waals surface area contributed by atoms with E-state index in [4.69, 9.17) is 4.74 Å². The van der Waals surface area contributed by atoms with Gasteiger partial charge in [-0.1, -0.05) is 6.07 Å². The molecular formula is C22H24N2O3. The van der Waals surface area contributed by atoms with Crippen molar-refractivity contribution < 1.29 is 14.3 Å². The number of Topliss-reactive ketones (excluding diaryl/α,β-unsaturated/α-hetero) is 1. The lowest BCUT2D eigenvalue weighted by molar-refractivity contribution is -0.137. The van der Waals surface area contributed by atoms with Crippen LogP contribution in [-0.2, 0) is 17.6 Å². The molecule has 5 heteroatoms. The Labute approximate surface area is 159 Å². The standard InChI is InChI=1S/C22H24N2O3/c1-27-18-6-7-19-17(14-18)8-10-22(21(19)26)9-2-3-12-24(22)20(25)13-16-5-4-11-23-15-16/h4-7,11,14-15H,2-3,8-10,12-13H2,1H3. The van der Waals surface area contributed by atoms with Gasteiger partial charge in [0.25, 0.3) is 0 Å². The molecule has 1 aromatic carbocycles. The topological polar surface area (TPSA) is 59.5 Å². The highest BCUT2D eigenvalue weighted by molar-refractivity contribution is 6.07. The van der Waals surface area contributed by atoms with Gasteiger partial charge in [0.05, 0.1) is 13.5 Å². The number of fused-ring (bicyclic) bond motifs is 1. The Morgan fingerprint density at radius 2 is 2.15 bits per heavy atom. The minimum Gasteiger partial charge on any atom is -0.497 e. The average Bonchev–Trinajstić information content (AvgIpc) is 2.71. The van der Waals surface area contributed by atoms with Crippen LogP contribution in [0, 0.1) is 0 Å². The molecule has 1 spiro atoms. The van der Waals surface area contributed by atoms with Crippen LogP contribution in [0.1, 0.15) is 47.2 Å². The van der Waals surface area contributed by atoms with Gasteiger partial charge in [-0.2, -0.15) is 0 Å². The lowest BCUT2D eigenvalue weighted by atomic mass is 9.71. The summed E-state index contributed by atoms with van der Waals surface area (Å²) in [6.45, 7) is 0.649. The normalized spacial score (nSPS) is 21.8. The van der Waals surface area contributed by atoms with Gasteiger partial charge in [-0.05, 0) is 67.5 Å². The summed E-state index contributed by atoms with van der Waals surface area (Å²) in [6, 6.07) is 9.39. The monoisotopic (exact) mass is 364 g/mol. The zero-order chi connectivity index (χ0) is 18.9. The van der Waals surface area contributed by atoms with E-state index in [1.54, 1.807) is 19.5 Å². The fraction of sp³-hybridized carbons (Fsp3) is 0.409. The van der Waals surface area contributed by atoms with Gasteiger partial charge in [-0.25, -0.2) is 0 Å². The summed E-state index contributed by atoms with van der Waals surface area (Å²) >= 11 is 0. The summed E-state index contributed by atoms with van der Waals surface area (Å²) in [5.74, 6) is 0.879. The third-order valence-electron chi connectivity index (χ3n) is 5.91. The number of ketones is 1. The lowest BCUT2D eigenvalue weighted by Crippen LogP contribution is -2.61. The third kappa shape index (κ3) is 3.11. The number of pyridine rings is 1. The van der Waals surface area contributed by atoms with Crippen molar-refractivity contribution in [1.82, 2.24) is 9.88 Å².